The lowest BCUT2D eigenvalue weighted by atomic mass is 10.0. The maximum Gasteiger partial charge on any atom is 0.306 e. The number of ether oxygens (including phenoxy) is 3. The number of allylic oxidation sites excluding steroid dienone is 12. The van der Waals surface area contributed by atoms with Crippen molar-refractivity contribution in [3.05, 3.63) is 72.9 Å². The molecule has 0 saturated heterocycles. The van der Waals surface area contributed by atoms with E-state index < -0.39 is 6.10 Å². The summed E-state index contributed by atoms with van der Waals surface area (Å²) in [5.74, 6) is -0.957. The zero-order valence-electron chi connectivity index (χ0n) is 47.0. The number of hydrogen-bond acceptors (Lipinski definition) is 6. The van der Waals surface area contributed by atoms with E-state index in [0.29, 0.717) is 19.3 Å². The summed E-state index contributed by atoms with van der Waals surface area (Å²) >= 11 is 0. The third-order valence-corrected chi connectivity index (χ3v) is 13.2. The van der Waals surface area contributed by atoms with Gasteiger partial charge in [0.2, 0.25) is 0 Å². The molecule has 0 saturated carbocycles. The van der Waals surface area contributed by atoms with Gasteiger partial charge in [0.05, 0.1) is 0 Å². The van der Waals surface area contributed by atoms with Crippen LogP contribution in [0.25, 0.3) is 0 Å². The number of hydrogen-bond donors (Lipinski definition) is 0. The average molecular weight is 992 g/mol. The van der Waals surface area contributed by atoms with Gasteiger partial charge >= 0.3 is 17.9 Å². The van der Waals surface area contributed by atoms with E-state index in [1.807, 2.05) is 0 Å². The lowest BCUT2D eigenvalue weighted by molar-refractivity contribution is -0.167. The summed E-state index contributed by atoms with van der Waals surface area (Å²) in [5, 5.41) is 0. The Balaban J connectivity index is 4.42. The third-order valence-electron chi connectivity index (χ3n) is 13.2. The van der Waals surface area contributed by atoms with Crippen LogP contribution in [-0.4, -0.2) is 37.2 Å². The molecule has 410 valence electrons. The highest BCUT2D eigenvalue weighted by molar-refractivity contribution is 5.71. The van der Waals surface area contributed by atoms with Crippen LogP contribution in [0, 0.1) is 0 Å². The van der Waals surface area contributed by atoms with Crippen molar-refractivity contribution in [1.82, 2.24) is 0 Å². The summed E-state index contributed by atoms with van der Waals surface area (Å²) in [6.07, 6.45) is 76.2. The van der Waals surface area contributed by atoms with Gasteiger partial charge in [0, 0.05) is 19.3 Å². The van der Waals surface area contributed by atoms with Crippen LogP contribution in [0.4, 0.5) is 0 Å². The van der Waals surface area contributed by atoms with Crippen LogP contribution in [0.2, 0.25) is 0 Å². The average Bonchev–Trinajstić information content (AvgIpc) is 3.37. The van der Waals surface area contributed by atoms with Crippen LogP contribution in [0.5, 0.6) is 0 Å². The van der Waals surface area contributed by atoms with E-state index in [0.717, 1.165) is 83.5 Å². The van der Waals surface area contributed by atoms with Crippen LogP contribution in [-0.2, 0) is 28.6 Å². The van der Waals surface area contributed by atoms with Crippen molar-refractivity contribution < 1.29 is 28.6 Å². The fourth-order valence-electron chi connectivity index (χ4n) is 8.54. The number of unbranched alkanes of at least 4 members (excludes halogenated alkanes) is 32. The second kappa shape index (κ2) is 59.4. The Kier molecular flexibility index (Phi) is 56.8. The largest absolute Gasteiger partial charge is 0.462 e. The van der Waals surface area contributed by atoms with Gasteiger partial charge in [-0.05, 0) is 109 Å². The molecule has 6 heteroatoms. The Morgan fingerprint density at radius 3 is 0.873 bits per heavy atom. The first-order chi connectivity index (χ1) is 35.0. The van der Waals surface area contributed by atoms with Gasteiger partial charge in [-0.15, -0.1) is 0 Å². The first-order valence-electron chi connectivity index (χ1n) is 30.4. The smallest absolute Gasteiger partial charge is 0.306 e. The van der Waals surface area contributed by atoms with Gasteiger partial charge < -0.3 is 14.2 Å². The molecule has 0 fully saturated rings. The Hall–Kier alpha value is -3.15. The highest BCUT2D eigenvalue weighted by atomic mass is 16.6. The molecule has 6 nitrogen and oxygen atoms in total. The molecule has 0 spiro atoms. The van der Waals surface area contributed by atoms with Gasteiger partial charge in [-0.1, -0.05) is 248 Å². The second-order valence-electron chi connectivity index (χ2n) is 20.2. The topological polar surface area (TPSA) is 78.9 Å². The van der Waals surface area contributed by atoms with Crippen molar-refractivity contribution in [1.29, 1.82) is 0 Å². The van der Waals surface area contributed by atoms with Crippen molar-refractivity contribution >= 4 is 17.9 Å². The highest BCUT2D eigenvalue weighted by Gasteiger charge is 2.19. The molecule has 0 rings (SSSR count). The number of rotatable bonds is 55. The highest BCUT2D eigenvalue weighted by Crippen LogP contribution is 2.15. The Morgan fingerprint density at radius 1 is 0.282 bits per heavy atom. The Labute approximate surface area is 440 Å². The van der Waals surface area contributed by atoms with Gasteiger partial charge in [-0.3, -0.25) is 14.4 Å². The molecule has 0 unspecified atom stereocenters. The lowest BCUT2D eigenvalue weighted by Crippen LogP contribution is -2.30. The standard InChI is InChI=1S/C65H114O6/c1-4-7-10-13-16-19-22-25-28-30-31-32-33-35-37-40-43-46-49-52-55-58-64(67)70-61-62(60-69-63(66)57-54-51-48-45-42-39-36-27-24-21-18-15-12-9-6-3)71-65(68)59-56-53-50-47-44-41-38-34-29-26-23-20-17-14-11-8-5-2/h18,21,25-29,36,38,41,47,50,62H,4-17,19-20,22-24,30-35,37,39-40,42-46,48-49,51-61H2,1-3H3/b21-18-,28-25-,29-26-,36-27-,41-38-,50-47-/t62-/m1/s1. The Bertz CT molecular complexity index is 1320. The molecule has 0 bridgehead atoms. The predicted molar refractivity (Wildman–Crippen MR) is 307 cm³/mol. The number of carbonyl (C=O) groups excluding carboxylic acids is 3. The SMILES string of the molecule is CCCCC/C=C\C/C=C\CCCCCCCC(=O)OC[C@H](COC(=O)CCCCCCCCCCCCC/C=C\CCCCCCCC)OC(=O)CCC/C=C\C/C=C\C/C=C\CCCCCCCC. The molecular formula is C65H114O6. The maximum absolute atomic E-state index is 12.9. The van der Waals surface area contributed by atoms with E-state index >= 15 is 0 Å². The number of esters is 3. The zero-order valence-corrected chi connectivity index (χ0v) is 47.0. The molecule has 0 aliphatic carbocycles. The molecule has 0 radical (unpaired) electrons. The molecule has 0 aliphatic rings. The molecule has 0 aromatic rings. The summed E-state index contributed by atoms with van der Waals surface area (Å²) in [6, 6.07) is 0. The molecular weight excluding hydrogens is 877 g/mol. The minimum atomic E-state index is -0.808. The molecule has 0 amide bonds. The second-order valence-corrected chi connectivity index (χ2v) is 20.2. The summed E-state index contributed by atoms with van der Waals surface area (Å²) in [6.45, 7) is 6.57. The van der Waals surface area contributed by atoms with E-state index in [9.17, 15) is 14.4 Å². The first kappa shape index (κ1) is 67.8. The van der Waals surface area contributed by atoms with Crippen LogP contribution in [0.15, 0.2) is 72.9 Å². The minimum absolute atomic E-state index is 0.0992. The minimum Gasteiger partial charge on any atom is -0.462 e. The summed E-state index contributed by atoms with van der Waals surface area (Å²) in [5.41, 5.74) is 0. The van der Waals surface area contributed by atoms with E-state index in [1.54, 1.807) is 0 Å². The van der Waals surface area contributed by atoms with E-state index in [4.69, 9.17) is 14.2 Å². The molecule has 1 atom stereocenters. The van der Waals surface area contributed by atoms with Gasteiger partial charge in [0.1, 0.15) is 13.2 Å². The van der Waals surface area contributed by atoms with Crippen molar-refractivity contribution in [2.75, 3.05) is 13.2 Å². The molecule has 71 heavy (non-hydrogen) atoms. The molecule has 0 aliphatic heterocycles. The normalized spacial score (nSPS) is 12.5. The van der Waals surface area contributed by atoms with E-state index in [-0.39, 0.29) is 37.5 Å². The van der Waals surface area contributed by atoms with Crippen LogP contribution < -0.4 is 0 Å². The fourth-order valence-corrected chi connectivity index (χ4v) is 8.54. The van der Waals surface area contributed by atoms with Crippen LogP contribution in [0.1, 0.15) is 303 Å². The van der Waals surface area contributed by atoms with Crippen LogP contribution >= 0.6 is 0 Å². The molecule has 0 aromatic heterocycles. The van der Waals surface area contributed by atoms with Gasteiger partial charge in [-0.2, -0.15) is 0 Å². The molecule has 0 N–H and O–H groups in total. The zero-order chi connectivity index (χ0) is 51.4. The van der Waals surface area contributed by atoms with E-state index in [2.05, 4.69) is 93.7 Å². The third kappa shape index (κ3) is 57.6. The lowest BCUT2D eigenvalue weighted by Gasteiger charge is -2.18. The van der Waals surface area contributed by atoms with E-state index in [1.165, 1.54) is 173 Å². The fraction of sp³-hybridized carbons (Fsp3) is 0.769. The monoisotopic (exact) mass is 991 g/mol. The molecule has 0 heterocycles. The number of carbonyl (C=O) groups is 3. The summed E-state index contributed by atoms with van der Waals surface area (Å²) < 4.78 is 16.8. The van der Waals surface area contributed by atoms with Crippen LogP contribution in [0.3, 0.4) is 0 Å². The van der Waals surface area contributed by atoms with Crippen molar-refractivity contribution in [2.24, 2.45) is 0 Å². The maximum atomic E-state index is 12.9. The van der Waals surface area contributed by atoms with Gasteiger partial charge in [0.25, 0.3) is 0 Å². The van der Waals surface area contributed by atoms with Crippen molar-refractivity contribution in [2.45, 2.75) is 309 Å². The Morgan fingerprint density at radius 2 is 0.521 bits per heavy atom. The van der Waals surface area contributed by atoms with Crippen molar-refractivity contribution in [3.8, 4) is 0 Å². The quantitative estimate of drug-likeness (QED) is 0.0261. The van der Waals surface area contributed by atoms with Crippen molar-refractivity contribution in [3.63, 3.8) is 0 Å². The first-order valence-corrected chi connectivity index (χ1v) is 30.4. The predicted octanol–water partition coefficient (Wildman–Crippen LogP) is 20.5. The summed E-state index contributed by atoms with van der Waals surface area (Å²) in [4.78, 5) is 38.2. The van der Waals surface area contributed by atoms with Gasteiger partial charge in [-0.25, -0.2) is 0 Å². The van der Waals surface area contributed by atoms with Gasteiger partial charge in [0.15, 0.2) is 6.10 Å². The summed E-state index contributed by atoms with van der Waals surface area (Å²) in [7, 11) is 0. The molecule has 0 aromatic carbocycles.